The van der Waals surface area contributed by atoms with Crippen LogP contribution in [0.3, 0.4) is 0 Å². The number of amides is 1. The Hall–Kier alpha value is -1.86. The minimum Gasteiger partial charge on any atom is -0.457 e. The Kier molecular flexibility index (Phi) is 9.12. The van der Waals surface area contributed by atoms with E-state index >= 15 is 0 Å². The molecule has 9 heteroatoms. The van der Waals surface area contributed by atoms with Crippen molar-refractivity contribution in [2.45, 2.75) is 33.3 Å². The molecule has 124 valence electrons. The van der Waals surface area contributed by atoms with E-state index < -0.39 is 29.2 Å². The van der Waals surface area contributed by atoms with Crippen molar-refractivity contribution < 1.29 is 28.6 Å². The van der Waals surface area contributed by atoms with E-state index in [1.165, 1.54) is 11.8 Å². The summed E-state index contributed by atoms with van der Waals surface area (Å²) < 4.78 is 9.63. The highest BCUT2D eigenvalue weighted by Gasteiger charge is 2.30. The standard InChI is InChI=1S/C13H21N3O5S/c1-5-20-11(18)10(16-14)9(17)8-22-7-6-15-12(19)21-13(2,3)4/h5-8H2,1-4H3,(H,15,19). The number of hydrogen-bond acceptors (Lipinski definition) is 6. The summed E-state index contributed by atoms with van der Waals surface area (Å²) in [6.45, 7) is 7.23. The van der Waals surface area contributed by atoms with Crippen LogP contribution in [0.25, 0.3) is 5.53 Å². The van der Waals surface area contributed by atoms with Crippen molar-refractivity contribution >= 4 is 35.3 Å². The Bertz CT molecular complexity index is 467. The number of Topliss-reactive ketones (excluding diaryl/α,β-unsaturated/α-hetero) is 1. The average Bonchev–Trinajstić information content (AvgIpc) is 2.37. The van der Waals surface area contributed by atoms with Crippen LogP contribution in [-0.4, -0.2) is 58.6 Å². The molecule has 0 aliphatic rings. The lowest BCUT2D eigenvalue weighted by atomic mass is 10.2. The molecule has 0 heterocycles. The third-order valence-electron chi connectivity index (χ3n) is 1.98. The number of alkyl carbamates (subject to hydrolysis) is 1. The molecule has 8 nitrogen and oxygen atoms in total. The first-order valence-electron chi connectivity index (χ1n) is 6.68. The van der Waals surface area contributed by atoms with E-state index in [1.54, 1.807) is 27.7 Å². The van der Waals surface area contributed by atoms with Crippen molar-refractivity contribution in [3.8, 4) is 0 Å². The topological polar surface area (TPSA) is 118 Å². The van der Waals surface area contributed by atoms with Crippen LogP contribution in [0.15, 0.2) is 0 Å². The highest BCUT2D eigenvalue weighted by Crippen LogP contribution is 2.06. The molecule has 1 amide bonds. The zero-order valence-corrected chi connectivity index (χ0v) is 14.0. The summed E-state index contributed by atoms with van der Waals surface area (Å²) >= 11 is 1.18. The highest BCUT2D eigenvalue weighted by atomic mass is 32.2. The van der Waals surface area contributed by atoms with Gasteiger partial charge in [-0.05, 0) is 27.7 Å². The second-order valence-electron chi connectivity index (χ2n) is 5.07. The lowest BCUT2D eigenvalue weighted by Crippen LogP contribution is -2.34. The third kappa shape index (κ3) is 9.15. The molecular weight excluding hydrogens is 310 g/mol. The van der Waals surface area contributed by atoms with E-state index in [2.05, 4.69) is 14.8 Å². The minimum absolute atomic E-state index is 0.0613. The fourth-order valence-corrected chi connectivity index (χ4v) is 1.90. The van der Waals surface area contributed by atoms with Crippen molar-refractivity contribution in [1.29, 1.82) is 0 Å². The predicted molar refractivity (Wildman–Crippen MR) is 81.8 cm³/mol. The molecule has 0 spiro atoms. The molecule has 0 fully saturated rings. The lowest BCUT2D eigenvalue weighted by Gasteiger charge is -2.19. The smallest absolute Gasteiger partial charge is 0.442 e. The number of nitrogens with one attached hydrogen (secondary N) is 1. The van der Waals surface area contributed by atoms with E-state index in [0.29, 0.717) is 12.3 Å². The van der Waals surface area contributed by atoms with Crippen LogP contribution in [0.2, 0.25) is 0 Å². The number of ether oxygens (including phenoxy) is 2. The molecule has 0 unspecified atom stereocenters. The Morgan fingerprint density at radius 1 is 1.27 bits per heavy atom. The van der Waals surface area contributed by atoms with E-state index in [-0.39, 0.29) is 12.4 Å². The van der Waals surface area contributed by atoms with Crippen molar-refractivity contribution in [3.05, 3.63) is 5.53 Å². The molecule has 0 saturated heterocycles. The largest absolute Gasteiger partial charge is 0.457 e. The number of rotatable bonds is 8. The molecule has 0 radical (unpaired) electrons. The van der Waals surface area contributed by atoms with Crippen molar-refractivity contribution in [2.24, 2.45) is 0 Å². The van der Waals surface area contributed by atoms with Crippen molar-refractivity contribution in [3.63, 3.8) is 0 Å². The molecule has 1 N–H and O–H groups in total. The zero-order chi connectivity index (χ0) is 17.2. The molecule has 0 aromatic carbocycles. The van der Waals surface area contributed by atoms with Crippen LogP contribution in [0.1, 0.15) is 27.7 Å². The second-order valence-corrected chi connectivity index (χ2v) is 6.18. The van der Waals surface area contributed by atoms with Crippen LogP contribution in [0, 0.1) is 0 Å². The van der Waals surface area contributed by atoms with Gasteiger partial charge in [-0.25, -0.2) is 9.59 Å². The third-order valence-corrected chi connectivity index (χ3v) is 2.94. The van der Waals surface area contributed by atoms with Gasteiger partial charge in [-0.1, -0.05) is 0 Å². The summed E-state index contributed by atoms with van der Waals surface area (Å²) in [6.07, 6.45) is -0.538. The minimum atomic E-state index is -0.956. The Morgan fingerprint density at radius 3 is 2.41 bits per heavy atom. The number of hydrogen-bond donors (Lipinski definition) is 1. The number of thioether (sulfide) groups is 1. The quantitative estimate of drug-likeness (QED) is 0.177. The van der Waals surface area contributed by atoms with Gasteiger partial charge in [0.2, 0.25) is 0 Å². The van der Waals surface area contributed by atoms with Gasteiger partial charge >= 0.3 is 17.8 Å². The second kappa shape index (κ2) is 9.97. The van der Waals surface area contributed by atoms with Crippen LogP contribution in [0.4, 0.5) is 4.79 Å². The van der Waals surface area contributed by atoms with Gasteiger partial charge in [0.05, 0.1) is 12.4 Å². The van der Waals surface area contributed by atoms with Gasteiger partial charge in [-0.15, -0.1) is 0 Å². The maximum atomic E-state index is 11.7. The van der Waals surface area contributed by atoms with E-state index in [9.17, 15) is 14.4 Å². The normalized spacial score (nSPS) is 10.4. The lowest BCUT2D eigenvalue weighted by molar-refractivity contribution is -0.141. The molecule has 0 aromatic rings. The van der Waals surface area contributed by atoms with Gasteiger partial charge in [0, 0.05) is 12.3 Å². The molecule has 22 heavy (non-hydrogen) atoms. The number of nitrogens with zero attached hydrogens (tertiary/aromatic N) is 2. The summed E-state index contributed by atoms with van der Waals surface area (Å²) in [5, 5.41) is 2.53. The molecule has 0 aliphatic heterocycles. The summed E-state index contributed by atoms with van der Waals surface area (Å²) in [7, 11) is 0. The van der Waals surface area contributed by atoms with Gasteiger partial charge in [0.1, 0.15) is 5.60 Å². The Labute approximate surface area is 133 Å². The van der Waals surface area contributed by atoms with Crippen LogP contribution >= 0.6 is 11.8 Å². The van der Waals surface area contributed by atoms with Crippen molar-refractivity contribution in [1.82, 2.24) is 5.32 Å². The molecule has 0 aromatic heterocycles. The molecular formula is C13H21N3O5S. The average molecular weight is 331 g/mol. The fourth-order valence-electron chi connectivity index (χ4n) is 1.18. The molecule has 0 rings (SSSR count). The SMILES string of the molecule is CCOC(=O)C(=[N+]=[N-])C(=O)CSCCNC(=O)OC(C)(C)C. The predicted octanol–water partition coefficient (Wildman–Crippen LogP) is 1.05. The molecule has 0 bridgehead atoms. The van der Waals surface area contributed by atoms with E-state index in [0.717, 1.165) is 0 Å². The fraction of sp³-hybridized carbons (Fsp3) is 0.692. The summed E-state index contributed by atoms with van der Waals surface area (Å²) in [6, 6.07) is 0. The number of ketones is 1. The summed E-state index contributed by atoms with van der Waals surface area (Å²) in [5.74, 6) is -1.22. The molecule has 0 saturated carbocycles. The molecule has 0 atom stereocenters. The zero-order valence-electron chi connectivity index (χ0n) is 13.2. The number of carbonyl (C=O) groups is 3. The highest BCUT2D eigenvalue weighted by molar-refractivity contribution is 8.00. The van der Waals surface area contributed by atoms with E-state index in [4.69, 9.17) is 10.3 Å². The van der Waals surface area contributed by atoms with Gasteiger partial charge in [0.15, 0.2) is 0 Å². The van der Waals surface area contributed by atoms with Gasteiger partial charge < -0.3 is 20.3 Å². The monoisotopic (exact) mass is 331 g/mol. The van der Waals surface area contributed by atoms with E-state index in [1.807, 2.05) is 0 Å². The van der Waals surface area contributed by atoms with Gasteiger partial charge in [0.25, 0.3) is 5.78 Å². The first kappa shape index (κ1) is 20.1. The van der Waals surface area contributed by atoms with Crippen LogP contribution in [0.5, 0.6) is 0 Å². The van der Waals surface area contributed by atoms with Gasteiger partial charge in [-0.3, -0.25) is 4.79 Å². The van der Waals surface area contributed by atoms with Crippen LogP contribution < -0.4 is 5.32 Å². The first-order chi connectivity index (χ1) is 10.2. The number of carbonyl (C=O) groups excluding carboxylic acids is 3. The maximum Gasteiger partial charge on any atom is 0.442 e. The Balaban J connectivity index is 4.01. The van der Waals surface area contributed by atoms with Crippen molar-refractivity contribution in [2.75, 3.05) is 24.7 Å². The van der Waals surface area contributed by atoms with Crippen LogP contribution in [-0.2, 0) is 19.1 Å². The maximum absolute atomic E-state index is 11.7. The van der Waals surface area contributed by atoms with Gasteiger partial charge in [-0.2, -0.15) is 16.6 Å². The summed E-state index contributed by atoms with van der Waals surface area (Å²) in [4.78, 5) is 37.0. The summed E-state index contributed by atoms with van der Waals surface area (Å²) in [5.41, 5.74) is 7.46. The Morgan fingerprint density at radius 2 is 1.91 bits per heavy atom. The molecule has 0 aliphatic carbocycles. The number of esters is 1. The first-order valence-corrected chi connectivity index (χ1v) is 7.83.